The standard InChI is InChI=1S/C19H19.C17H15.2CH3.2ClH.Si.Zr/c1-13(2)16-11-15-8-6-10-18(19(15)12-16)17-9-5-4-7-14(17)3;1-12-8-15-9-13(2)11-17(15)16(10-12)14-6-4-3-5-7-14;;;;;;/h4-13H,1-3H3;3-11H,1-2H3;2*1H3;2*1H;;/q4*-1;;;;. The van der Waals surface area contributed by atoms with Gasteiger partial charge in [-0.3, -0.25) is 0 Å². The van der Waals surface area contributed by atoms with Gasteiger partial charge >= 0.3 is 30.2 Å². The van der Waals surface area contributed by atoms with Crippen LogP contribution in [0.4, 0.5) is 0 Å². The molecule has 0 heterocycles. The molecule has 0 aliphatic carbocycles. The van der Waals surface area contributed by atoms with Gasteiger partial charge in [0.2, 0.25) is 0 Å². The molecule has 0 bridgehead atoms. The summed E-state index contributed by atoms with van der Waals surface area (Å²) in [6, 6.07) is 39.6. The van der Waals surface area contributed by atoms with Crippen molar-refractivity contribution in [3.8, 4) is 22.3 Å². The van der Waals surface area contributed by atoms with Crippen LogP contribution in [0.5, 0.6) is 0 Å². The van der Waals surface area contributed by atoms with Crippen molar-refractivity contribution in [2.45, 2.75) is 40.5 Å². The maximum absolute atomic E-state index is 3.06. The zero-order valence-electron chi connectivity index (χ0n) is 25.8. The topological polar surface area (TPSA) is 0 Å². The third-order valence-corrected chi connectivity index (χ3v) is 7.07. The molecule has 0 aliphatic heterocycles. The van der Waals surface area contributed by atoms with Crippen LogP contribution in [0.2, 0.25) is 0 Å². The Kier molecular flexibility index (Phi) is 17.5. The van der Waals surface area contributed by atoms with Crippen LogP contribution in [0.15, 0.2) is 109 Å². The minimum absolute atomic E-state index is 0. The van der Waals surface area contributed by atoms with Crippen LogP contribution in [-0.4, -0.2) is 6.88 Å². The molecule has 6 aromatic rings. The van der Waals surface area contributed by atoms with Gasteiger partial charge in [-0.05, 0) is 36.5 Å². The zero-order chi connectivity index (χ0) is 27.2. The fourth-order valence-electron chi connectivity index (χ4n) is 5.18. The Bertz CT molecular complexity index is 1660. The molecule has 0 nitrogen and oxygen atoms in total. The molecule has 42 heavy (non-hydrogen) atoms. The Labute approximate surface area is 283 Å². The Morgan fingerprint density at radius 1 is 0.595 bits per heavy atom. The number of rotatable bonds is 3. The van der Waals surface area contributed by atoms with E-state index in [2.05, 4.69) is 151 Å². The summed E-state index contributed by atoms with van der Waals surface area (Å²) in [7, 11) is 0. The molecule has 0 saturated heterocycles. The molecule has 0 saturated carbocycles. The second-order valence-electron chi connectivity index (χ2n) is 10.3. The van der Waals surface area contributed by atoms with Crippen molar-refractivity contribution in [2.75, 3.05) is 0 Å². The van der Waals surface area contributed by atoms with E-state index in [-0.39, 0.29) is 39.7 Å². The number of aryl methyl sites for hydroxylation is 3. The summed E-state index contributed by atoms with van der Waals surface area (Å²) in [5.41, 5.74) is 10.8. The van der Waals surface area contributed by atoms with Crippen LogP contribution >= 0.6 is 24.8 Å². The Morgan fingerprint density at radius 2 is 1.19 bits per heavy atom. The molecule has 0 N–H and O–H groups in total. The zero-order valence-corrected chi connectivity index (χ0v) is 30.9. The monoisotopic (exact) mass is 686 g/mol. The molecule has 6 rings (SSSR count). The first-order valence-corrected chi connectivity index (χ1v) is 17.3. The molecule has 6 aromatic carbocycles. The summed E-state index contributed by atoms with van der Waals surface area (Å²) in [6.07, 6.45) is 0. The molecule has 4 heteroatoms. The van der Waals surface area contributed by atoms with Crippen LogP contribution in [0, 0.1) is 35.6 Å². The van der Waals surface area contributed by atoms with Crippen LogP contribution in [0.25, 0.3) is 43.8 Å². The van der Waals surface area contributed by atoms with Gasteiger partial charge in [0, 0.05) is 0 Å². The summed E-state index contributed by atoms with van der Waals surface area (Å²) in [5.74, 6) is 0.581. The predicted octanol–water partition coefficient (Wildman–Crippen LogP) is 11.9. The first-order valence-electron chi connectivity index (χ1n) is 13.1. The van der Waals surface area contributed by atoms with E-state index in [0.717, 1.165) is 0 Å². The van der Waals surface area contributed by atoms with Crippen molar-refractivity contribution in [3.05, 3.63) is 146 Å². The number of halogens is 2. The van der Waals surface area contributed by atoms with Gasteiger partial charge in [0.15, 0.2) is 0 Å². The van der Waals surface area contributed by atoms with E-state index in [0.29, 0.717) is 5.92 Å². The van der Waals surface area contributed by atoms with E-state index in [1.54, 1.807) is 0 Å². The van der Waals surface area contributed by atoms with Gasteiger partial charge < -0.3 is 14.9 Å². The summed E-state index contributed by atoms with van der Waals surface area (Å²) in [5, 5.41) is 5.44. The van der Waals surface area contributed by atoms with Crippen molar-refractivity contribution >= 4 is 53.2 Å². The van der Waals surface area contributed by atoms with Crippen LogP contribution in [0.1, 0.15) is 42.0 Å². The first-order chi connectivity index (χ1) is 18.4. The number of hydrogen-bond acceptors (Lipinski definition) is 0. The molecule has 2 radical (unpaired) electrons. The van der Waals surface area contributed by atoms with E-state index in [1.807, 2.05) is 0 Å². The Hall–Kier alpha value is -2.22. The molecular weight excluding hydrogens is 647 g/mol. The van der Waals surface area contributed by atoms with E-state index in [1.165, 1.54) is 89.4 Å². The molecule has 0 spiro atoms. The molecule has 0 atom stereocenters. The van der Waals surface area contributed by atoms with E-state index in [4.69, 9.17) is 0 Å². The quantitative estimate of drug-likeness (QED) is 0.128. The second kappa shape index (κ2) is 18.4. The number of hydrogen-bond donors (Lipinski definition) is 0. The van der Waals surface area contributed by atoms with Gasteiger partial charge in [0.25, 0.3) is 0 Å². The average molecular weight is 689 g/mol. The SMILES string of the molecule is Cc1cc(-c2ccccc2)c2cc(C)[cH-]c2c1.Cc1ccccc1-c1cccc2[cH-]c(C(C)C)cc12.Cl.Cl.[CH3-].[CH3-].[Si]=[Zr]. The van der Waals surface area contributed by atoms with Gasteiger partial charge in [0.05, 0.1) is 0 Å². The molecule has 220 valence electrons. The number of fused-ring (bicyclic) bond motifs is 2. The van der Waals surface area contributed by atoms with Gasteiger partial charge in [-0.1, -0.05) is 104 Å². The molecule has 0 aliphatic rings. The normalized spacial score (nSPS) is 9.64. The van der Waals surface area contributed by atoms with Crippen molar-refractivity contribution in [1.29, 1.82) is 0 Å². The van der Waals surface area contributed by atoms with Gasteiger partial charge in [-0.25, -0.2) is 0 Å². The first kappa shape index (κ1) is 39.8. The fraction of sp³-hybridized carbons (Fsp3) is 0.158. The second-order valence-corrected chi connectivity index (χ2v) is 10.3. The minimum atomic E-state index is 0. The molecule has 0 amide bonds. The third-order valence-electron chi connectivity index (χ3n) is 7.07. The Balaban J connectivity index is 0.000000696. The van der Waals surface area contributed by atoms with E-state index in [9.17, 15) is 0 Å². The van der Waals surface area contributed by atoms with Gasteiger partial charge in [-0.2, -0.15) is 12.1 Å². The summed E-state index contributed by atoms with van der Waals surface area (Å²) >= 11 is 1.36. The van der Waals surface area contributed by atoms with Crippen molar-refractivity contribution in [3.63, 3.8) is 0 Å². The molecular formula is C38H42Cl2SiZr-4. The summed E-state index contributed by atoms with van der Waals surface area (Å²) < 4.78 is 0. The van der Waals surface area contributed by atoms with Crippen molar-refractivity contribution in [1.82, 2.24) is 0 Å². The molecule has 0 unspecified atom stereocenters. The summed E-state index contributed by atoms with van der Waals surface area (Å²) in [4.78, 5) is 0. The number of benzene rings is 4. The van der Waals surface area contributed by atoms with Crippen molar-refractivity contribution in [2.24, 2.45) is 0 Å². The molecule has 0 aromatic heterocycles. The third kappa shape index (κ3) is 9.14. The van der Waals surface area contributed by atoms with Gasteiger partial charge in [-0.15, -0.1) is 87.8 Å². The van der Waals surface area contributed by atoms with Crippen LogP contribution < -0.4 is 0 Å². The molecule has 0 fully saturated rings. The van der Waals surface area contributed by atoms with E-state index >= 15 is 0 Å². The fourth-order valence-corrected chi connectivity index (χ4v) is 5.18. The maximum atomic E-state index is 3.06. The van der Waals surface area contributed by atoms with Crippen molar-refractivity contribution < 1.29 is 23.3 Å². The van der Waals surface area contributed by atoms with Gasteiger partial charge in [0.1, 0.15) is 0 Å². The predicted molar refractivity (Wildman–Crippen MR) is 191 cm³/mol. The summed E-state index contributed by atoms with van der Waals surface area (Å²) in [6.45, 7) is 14.1. The van der Waals surface area contributed by atoms with Crippen LogP contribution in [0.3, 0.4) is 0 Å². The Morgan fingerprint density at radius 3 is 1.83 bits per heavy atom. The average Bonchev–Trinajstić information content (AvgIpc) is 3.54. The van der Waals surface area contributed by atoms with Crippen LogP contribution in [-0.2, 0) is 23.3 Å². The van der Waals surface area contributed by atoms with E-state index < -0.39 is 0 Å².